The van der Waals surface area contributed by atoms with E-state index in [9.17, 15) is 0 Å². The second-order valence-corrected chi connectivity index (χ2v) is 7.51. The average Bonchev–Trinajstić information content (AvgIpc) is 2.84. The van der Waals surface area contributed by atoms with E-state index in [1.165, 1.54) is 33.0 Å². The SMILES string of the molecule is c1ccc(-c2ccc3c(c2)c2cc(-c4ccccc4)ccc2c2nccnc32)cc1. The summed E-state index contributed by atoms with van der Waals surface area (Å²) in [5.74, 6) is 0. The van der Waals surface area contributed by atoms with Gasteiger partial charge in [-0.05, 0) is 45.2 Å². The summed E-state index contributed by atoms with van der Waals surface area (Å²) < 4.78 is 0. The number of hydrogen-bond donors (Lipinski definition) is 0. The molecule has 30 heavy (non-hydrogen) atoms. The Kier molecular flexibility index (Phi) is 3.82. The molecule has 0 saturated heterocycles. The zero-order chi connectivity index (χ0) is 19.9. The molecule has 140 valence electrons. The Labute approximate surface area is 174 Å². The first-order valence-corrected chi connectivity index (χ1v) is 10.1. The van der Waals surface area contributed by atoms with Crippen molar-refractivity contribution in [3.63, 3.8) is 0 Å². The van der Waals surface area contributed by atoms with Gasteiger partial charge in [0, 0.05) is 23.2 Å². The van der Waals surface area contributed by atoms with Crippen molar-refractivity contribution in [2.45, 2.75) is 0 Å². The number of nitrogens with zero attached hydrogens (tertiary/aromatic N) is 2. The second kappa shape index (κ2) is 6.78. The molecule has 2 nitrogen and oxygen atoms in total. The van der Waals surface area contributed by atoms with E-state index in [1.807, 2.05) is 0 Å². The Morgan fingerprint density at radius 3 is 1.23 bits per heavy atom. The molecule has 0 aliphatic rings. The zero-order valence-corrected chi connectivity index (χ0v) is 16.3. The van der Waals surface area contributed by atoms with Crippen LogP contribution in [-0.4, -0.2) is 9.97 Å². The third-order valence-electron chi connectivity index (χ3n) is 5.75. The number of hydrogen-bond acceptors (Lipinski definition) is 2. The quantitative estimate of drug-likeness (QED) is 0.294. The normalized spacial score (nSPS) is 11.3. The zero-order valence-electron chi connectivity index (χ0n) is 16.3. The highest BCUT2D eigenvalue weighted by atomic mass is 14.8. The van der Waals surface area contributed by atoms with E-state index in [0.717, 1.165) is 21.8 Å². The van der Waals surface area contributed by atoms with E-state index in [4.69, 9.17) is 0 Å². The first kappa shape index (κ1) is 16.9. The fourth-order valence-corrected chi connectivity index (χ4v) is 4.30. The predicted molar refractivity (Wildman–Crippen MR) is 125 cm³/mol. The van der Waals surface area contributed by atoms with Crippen LogP contribution in [0.1, 0.15) is 0 Å². The van der Waals surface area contributed by atoms with E-state index in [0.29, 0.717) is 0 Å². The molecule has 1 aromatic heterocycles. The Balaban J connectivity index is 1.73. The third-order valence-corrected chi connectivity index (χ3v) is 5.75. The molecule has 0 atom stereocenters. The van der Waals surface area contributed by atoms with Crippen LogP contribution in [0, 0.1) is 0 Å². The molecule has 0 aliphatic heterocycles. The largest absolute Gasteiger partial charge is 0.252 e. The summed E-state index contributed by atoms with van der Waals surface area (Å²) >= 11 is 0. The number of fused-ring (bicyclic) bond motifs is 6. The van der Waals surface area contributed by atoms with Gasteiger partial charge >= 0.3 is 0 Å². The summed E-state index contributed by atoms with van der Waals surface area (Å²) in [5, 5.41) is 4.68. The minimum absolute atomic E-state index is 0.951. The molecule has 0 saturated carbocycles. The maximum atomic E-state index is 4.68. The lowest BCUT2D eigenvalue weighted by Gasteiger charge is -2.12. The van der Waals surface area contributed by atoms with Crippen molar-refractivity contribution in [3.05, 3.63) is 109 Å². The van der Waals surface area contributed by atoms with Crippen molar-refractivity contribution in [3.8, 4) is 22.3 Å². The Hall–Kier alpha value is -4.04. The highest BCUT2D eigenvalue weighted by molar-refractivity contribution is 6.24. The maximum absolute atomic E-state index is 4.68. The molecule has 5 aromatic carbocycles. The molecule has 0 spiro atoms. The standard InChI is InChI=1S/C28H18N2/c1-3-7-19(8-4-1)21-11-13-23-25(17-21)26-18-22(20-9-5-2-6-10-20)12-14-24(26)28-27(23)29-15-16-30-28/h1-18H. The lowest BCUT2D eigenvalue weighted by atomic mass is 9.93. The predicted octanol–water partition coefficient (Wildman–Crippen LogP) is 7.27. The number of rotatable bonds is 2. The third kappa shape index (κ3) is 2.66. The highest BCUT2D eigenvalue weighted by Crippen LogP contribution is 2.37. The van der Waals surface area contributed by atoms with Crippen molar-refractivity contribution < 1.29 is 0 Å². The van der Waals surface area contributed by atoms with Gasteiger partial charge in [0.1, 0.15) is 0 Å². The van der Waals surface area contributed by atoms with E-state index < -0.39 is 0 Å². The molecular formula is C28H18N2. The average molecular weight is 382 g/mol. The van der Waals surface area contributed by atoms with Crippen molar-refractivity contribution in [2.24, 2.45) is 0 Å². The molecule has 0 amide bonds. The Morgan fingerprint density at radius 1 is 0.367 bits per heavy atom. The van der Waals surface area contributed by atoms with Gasteiger partial charge < -0.3 is 0 Å². The van der Waals surface area contributed by atoms with Crippen LogP contribution in [0.2, 0.25) is 0 Å². The molecule has 6 rings (SSSR count). The summed E-state index contributed by atoms with van der Waals surface area (Å²) in [4.78, 5) is 9.36. The molecular weight excluding hydrogens is 364 g/mol. The summed E-state index contributed by atoms with van der Waals surface area (Å²) in [6.45, 7) is 0. The van der Waals surface area contributed by atoms with E-state index >= 15 is 0 Å². The maximum Gasteiger partial charge on any atom is 0.0971 e. The van der Waals surface area contributed by atoms with Gasteiger partial charge in [0.15, 0.2) is 0 Å². The Morgan fingerprint density at radius 2 is 0.800 bits per heavy atom. The van der Waals surface area contributed by atoms with Gasteiger partial charge in [-0.15, -0.1) is 0 Å². The van der Waals surface area contributed by atoms with E-state index in [2.05, 4.69) is 107 Å². The monoisotopic (exact) mass is 382 g/mol. The smallest absolute Gasteiger partial charge is 0.0971 e. The van der Waals surface area contributed by atoms with Crippen molar-refractivity contribution in [2.75, 3.05) is 0 Å². The van der Waals surface area contributed by atoms with Crippen molar-refractivity contribution in [1.29, 1.82) is 0 Å². The van der Waals surface area contributed by atoms with Gasteiger partial charge in [0.2, 0.25) is 0 Å². The minimum atomic E-state index is 0.951. The number of benzene rings is 5. The molecule has 1 heterocycles. The second-order valence-electron chi connectivity index (χ2n) is 7.51. The molecule has 0 N–H and O–H groups in total. The first-order valence-electron chi connectivity index (χ1n) is 10.1. The van der Waals surface area contributed by atoms with Crippen LogP contribution < -0.4 is 0 Å². The van der Waals surface area contributed by atoms with E-state index in [-0.39, 0.29) is 0 Å². The van der Waals surface area contributed by atoms with Crippen LogP contribution in [0.25, 0.3) is 54.8 Å². The molecule has 6 aromatic rings. The summed E-state index contributed by atoms with van der Waals surface area (Å²) in [6, 6.07) is 34.3. The fraction of sp³-hybridized carbons (Fsp3) is 0. The topological polar surface area (TPSA) is 25.8 Å². The van der Waals surface area contributed by atoms with Gasteiger partial charge in [-0.3, -0.25) is 9.97 Å². The molecule has 0 unspecified atom stereocenters. The van der Waals surface area contributed by atoms with Gasteiger partial charge in [0.05, 0.1) is 11.0 Å². The van der Waals surface area contributed by atoms with Crippen LogP contribution >= 0.6 is 0 Å². The first-order chi connectivity index (χ1) is 14.9. The van der Waals surface area contributed by atoms with Gasteiger partial charge in [-0.1, -0.05) is 84.9 Å². The summed E-state index contributed by atoms with van der Waals surface area (Å²) in [5.41, 5.74) is 6.74. The Bertz CT molecular complexity index is 1400. The fourth-order valence-electron chi connectivity index (χ4n) is 4.30. The lowest BCUT2D eigenvalue weighted by molar-refractivity contribution is 1.31. The van der Waals surface area contributed by atoms with Crippen molar-refractivity contribution in [1.82, 2.24) is 9.97 Å². The van der Waals surface area contributed by atoms with Gasteiger partial charge in [0.25, 0.3) is 0 Å². The van der Waals surface area contributed by atoms with Crippen molar-refractivity contribution >= 4 is 32.6 Å². The van der Waals surface area contributed by atoms with Crippen LogP contribution in [-0.2, 0) is 0 Å². The van der Waals surface area contributed by atoms with Crippen LogP contribution in [0.4, 0.5) is 0 Å². The molecule has 0 radical (unpaired) electrons. The lowest BCUT2D eigenvalue weighted by Crippen LogP contribution is -1.90. The summed E-state index contributed by atoms with van der Waals surface area (Å²) in [7, 11) is 0. The number of aromatic nitrogens is 2. The van der Waals surface area contributed by atoms with Gasteiger partial charge in [-0.25, -0.2) is 0 Å². The molecule has 0 aliphatic carbocycles. The molecule has 0 fully saturated rings. The highest BCUT2D eigenvalue weighted by Gasteiger charge is 2.12. The molecule has 2 heteroatoms. The molecule has 0 bridgehead atoms. The van der Waals surface area contributed by atoms with Gasteiger partial charge in [-0.2, -0.15) is 0 Å². The minimum Gasteiger partial charge on any atom is -0.252 e. The summed E-state index contributed by atoms with van der Waals surface area (Å²) in [6.07, 6.45) is 3.55. The van der Waals surface area contributed by atoms with Crippen LogP contribution in [0.15, 0.2) is 109 Å². The van der Waals surface area contributed by atoms with Crippen LogP contribution in [0.5, 0.6) is 0 Å². The van der Waals surface area contributed by atoms with Crippen LogP contribution in [0.3, 0.4) is 0 Å². The van der Waals surface area contributed by atoms with E-state index in [1.54, 1.807) is 12.4 Å².